The molecular formula is C29H40N4O4. The zero-order valence-electron chi connectivity index (χ0n) is 23.0. The summed E-state index contributed by atoms with van der Waals surface area (Å²) in [6.45, 7) is 13.4. The van der Waals surface area contributed by atoms with Gasteiger partial charge in [-0.2, -0.15) is 0 Å². The maximum atomic E-state index is 12.9. The smallest absolute Gasteiger partial charge is 0.339 e. The first-order chi connectivity index (χ1) is 17.3. The number of amides is 3. The number of hydrogen-bond donors (Lipinski definition) is 3. The van der Waals surface area contributed by atoms with Gasteiger partial charge >= 0.3 is 12.0 Å². The molecule has 3 rings (SSSR count). The van der Waals surface area contributed by atoms with Crippen molar-refractivity contribution >= 4 is 29.3 Å². The van der Waals surface area contributed by atoms with E-state index in [-0.39, 0.29) is 28.9 Å². The summed E-state index contributed by atoms with van der Waals surface area (Å²) in [5.74, 6) is -0.712. The fourth-order valence-electron chi connectivity index (χ4n) is 4.25. The van der Waals surface area contributed by atoms with E-state index >= 15 is 0 Å². The third-order valence-corrected chi connectivity index (χ3v) is 6.25. The molecule has 8 nitrogen and oxygen atoms in total. The Morgan fingerprint density at radius 3 is 2.24 bits per heavy atom. The van der Waals surface area contributed by atoms with Crippen LogP contribution < -0.4 is 16.0 Å². The Hall–Kier alpha value is -3.55. The first kappa shape index (κ1) is 28.0. The van der Waals surface area contributed by atoms with Crippen molar-refractivity contribution < 1.29 is 19.1 Å². The molecule has 3 N–H and O–H groups in total. The molecule has 0 saturated carbocycles. The minimum atomic E-state index is -0.476. The number of methoxy groups -OCH3 is 1. The maximum absolute atomic E-state index is 12.9. The van der Waals surface area contributed by atoms with E-state index in [1.165, 1.54) is 7.11 Å². The number of likely N-dealkylation sites (tertiary alicyclic amines) is 1. The van der Waals surface area contributed by atoms with Crippen LogP contribution in [0, 0.1) is 0 Å². The summed E-state index contributed by atoms with van der Waals surface area (Å²) in [5.41, 5.74) is 2.85. The van der Waals surface area contributed by atoms with Crippen molar-refractivity contribution in [2.24, 2.45) is 0 Å². The van der Waals surface area contributed by atoms with E-state index in [2.05, 4.69) is 36.7 Å². The van der Waals surface area contributed by atoms with E-state index < -0.39 is 5.97 Å². The van der Waals surface area contributed by atoms with Crippen LogP contribution in [0.3, 0.4) is 0 Å². The van der Waals surface area contributed by atoms with E-state index in [4.69, 9.17) is 4.74 Å². The number of anilines is 2. The Morgan fingerprint density at radius 1 is 0.973 bits per heavy atom. The van der Waals surface area contributed by atoms with Gasteiger partial charge in [0.15, 0.2) is 0 Å². The van der Waals surface area contributed by atoms with Crippen molar-refractivity contribution in [1.29, 1.82) is 0 Å². The van der Waals surface area contributed by atoms with Crippen LogP contribution >= 0.6 is 0 Å². The average molecular weight is 509 g/mol. The second-order valence-corrected chi connectivity index (χ2v) is 11.6. The number of ether oxygens (including phenoxy) is 1. The number of benzene rings is 2. The summed E-state index contributed by atoms with van der Waals surface area (Å²) >= 11 is 0. The fourth-order valence-corrected chi connectivity index (χ4v) is 4.25. The molecule has 1 aliphatic heterocycles. The summed E-state index contributed by atoms with van der Waals surface area (Å²) in [6.07, 6.45) is 1.68. The highest BCUT2D eigenvalue weighted by molar-refractivity contribution is 6.05. The molecule has 3 amide bonds. The summed E-state index contributed by atoms with van der Waals surface area (Å²) in [5, 5.41) is 9.35. The molecule has 1 atom stereocenters. The first-order valence-corrected chi connectivity index (χ1v) is 12.7. The van der Waals surface area contributed by atoms with Crippen molar-refractivity contribution in [1.82, 2.24) is 10.2 Å². The van der Waals surface area contributed by atoms with Crippen LogP contribution in [-0.4, -0.2) is 54.6 Å². The standard InChI is InChI=1S/C29H40N4O4/c1-28(2,3)20-12-10-19(11-13-20)25(34)31-21-14-15-23(26(35)37-7)24(17-21)30-22-9-8-16-33(18-22)27(36)32-29(4,5)6/h10-15,17,22,30H,8-9,16,18H2,1-7H3,(H,31,34)(H,32,36). The molecular weight excluding hydrogens is 468 g/mol. The maximum Gasteiger partial charge on any atom is 0.339 e. The molecule has 1 unspecified atom stereocenters. The Morgan fingerprint density at radius 2 is 1.65 bits per heavy atom. The zero-order valence-corrected chi connectivity index (χ0v) is 23.0. The van der Waals surface area contributed by atoms with Crippen molar-refractivity contribution in [2.75, 3.05) is 30.8 Å². The molecule has 0 radical (unpaired) electrons. The van der Waals surface area contributed by atoms with Gasteiger partial charge in [-0.05, 0) is 74.9 Å². The van der Waals surface area contributed by atoms with E-state index in [0.29, 0.717) is 35.6 Å². The number of nitrogens with zero attached hydrogens (tertiary/aromatic N) is 1. The molecule has 1 fully saturated rings. The third kappa shape index (κ3) is 7.71. The van der Waals surface area contributed by atoms with E-state index in [1.54, 1.807) is 23.1 Å². The van der Waals surface area contributed by atoms with Gasteiger partial charge in [0.05, 0.1) is 18.4 Å². The van der Waals surface area contributed by atoms with Gasteiger partial charge in [0.25, 0.3) is 5.91 Å². The molecule has 0 bridgehead atoms. The minimum absolute atomic E-state index is 0.00140. The number of piperidine rings is 1. The highest BCUT2D eigenvalue weighted by atomic mass is 16.5. The average Bonchev–Trinajstić information content (AvgIpc) is 2.82. The van der Waals surface area contributed by atoms with Gasteiger partial charge in [0.2, 0.25) is 0 Å². The van der Waals surface area contributed by atoms with Crippen molar-refractivity contribution in [3.05, 3.63) is 59.2 Å². The number of hydrogen-bond acceptors (Lipinski definition) is 5. The highest BCUT2D eigenvalue weighted by Crippen LogP contribution is 2.26. The van der Waals surface area contributed by atoms with Gasteiger partial charge in [0, 0.05) is 35.9 Å². The van der Waals surface area contributed by atoms with Crippen LogP contribution in [0.15, 0.2) is 42.5 Å². The van der Waals surface area contributed by atoms with E-state index in [9.17, 15) is 14.4 Å². The predicted octanol–water partition coefficient (Wildman–Crippen LogP) is 5.41. The van der Waals surface area contributed by atoms with Crippen LogP contribution in [0.4, 0.5) is 16.2 Å². The molecule has 1 heterocycles. The summed E-state index contributed by atoms with van der Waals surface area (Å²) in [7, 11) is 1.34. The zero-order chi connectivity index (χ0) is 27.4. The first-order valence-electron chi connectivity index (χ1n) is 12.7. The number of esters is 1. The summed E-state index contributed by atoms with van der Waals surface area (Å²) < 4.78 is 4.97. The van der Waals surface area contributed by atoms with Crippen molar-refractivity contribution in [2.45, 2.75) is 71.4 Å². The van der Waals surface area contributed by atoms with Crippen LogP contribution in [0.1, 0.15) is 80.7 Å². The molecule has 37 heavy (non-hydrogen) atoms. The minimum Gasteiger partial charge on any atom is -0.465 e. The molecule has 8 heteroatoms. The molecule has 1 aliphatic rings. The molecule has 0 spiro atoms. The highest BCUT2D eigenvalue weighted by Gasteiger charge is 2.27. The van der Waals surface area contributed by atoms with Gasteiger partial charge in [-0.3, -0.25) is 4.79 Å². The fraction of sp³-hybridized carbons (Fsp3) is 0.483. The third-order valence-electron chi connectivity index (χ3n) is 6.25. The lowest BCUT2D eigenvalue weighted by atomic mass is 9.87. The molecule has 2 aromatic carbocycles. The number of nitrogens with one attached hydrogen (secondary N) is 3. The number of carbonyl (C=O) groups excluding carboxylic acids is 3. The van der Waals surface area contributed by atoms with Crippen LogP contribution in [0.2, 0.25) is 0 Å². The summed E-state index contributed by atoms with van der Waals surface area (Å²) in [4.78, 5) is 39.8. The Balaban J connectivity index is 1.77. The molecule has 2 aromatic rings. The molecule has 0 aliphatic carbocycles. The van der Waals surface area contributed by atoms with Gasteiger partial charge in [-0.15, -0.1) is 0 Å². The predicted molar refractivity (Wildman–Crippen MR) is 147 cm³/mol. The second-order valence-electron chi connectivity index (χ2n) is 11.6. The van der Waals surface area contributed by atoms with Gasteiger partial charge in [-0.1, -0.05) is 32.9 Å². The van der Waals surface area contributed by atoms with Crippen molar-refractivity contribution in [3.63, 3.8) is 0 Å². The Bertz CT molecular complexity index is 1130. The topological polar surface area (TPSA) is 99.8 Å². The SMILES string of the molecule is COC(=O)c1ccc(NC(=O)c2ccc(C(C)(C)C)cc2)cc1NC1CCCN(C(=O)NC(C)(C)C)C1. The Kier molecular flexibility index (Phi) is 8.51. The quantitative estimate of drug-likeness (QED) is 0.469. The van der Waals surface area contributed by atoms with Gasteiger partial charge in [0.1, 0.15) is 0 Å². The normalized spacial score (nSPS) is 16.1. The van der Waals surface area contributed by atoms with Gasteiger partial charge in [-0.25, -0.2) is 9.59 Å². The molecule has 1 saturated heterocycles. The monoisotopic (exact) mass is 508 g/mol. The lowest BCUT2D eigenvalue weighted by Crippen LogP contribution is -2.53. The number of urea groups is 1. The molecule has 0 aromatic heterocycles. The molecule has 200 valence electrons. The van der Waals surface area contributed by atoms with Crippen molar-refractivity contribution in [3.8, 4) is 0 Å². The largest absolute Gasteiger partial charge is 0.465 e. The van der Waals surface area contributed by atoms with E-state index in [1.807, 2.05) is 45.0 Å². The number of rotatable bonds is 5. The lowest BCUT2D eigenvalue weighted by molar-refractivity contribution is 0.0601. The lowest BCUT2D eigenvalue weighted by Gasteiger charge is -2.36. The summed E-state index contributed by atoms with van der Waals surface area (Å²) in [6, 6.07) is 12.5. The second kappa shape index (κ2) is 11.2. The van der Waals surface area contributed by atoms with Crippen LogP contribution in [0.5, 0.6) is 0 Å². The Labute approximate surface area is 220 Å². The van der Waals surface area contributed by atoms with Crippen LogP contribution in [0.25, 0.3) is 0 Å². The van der Waals surface area contributed by atoms with Crippen LogP contribution in [-0.2, 0) is 10.2 Å². The van der Waals surface area contributed by atoms with Gasteiger partial charge < -0.3 is 25.6 Å². The van der Waals surface area contributed by atoms with E-state index in [0.717, 1.165) is 18.4 Å². The number of carbonyl (C=O) groups is 3.